The van der Waals surface area contributed by atoms with Crippen LogP contribution < -0.4 is 10.1 Å². The van der Waals surface area contributed by atoms with Gasteiger partial charge in [-0.25, -0.2) is 9.78 Å². The number of aromatic nitrogens is 2. The van der Waals surface area contributed by atoms with Crippen molar-refractivity contribution >= 4 is 41.3 Å². The van der Waals surface area contributed by atoms with Gasteiger partial charge in [-0.1, -0.05) is 56.9 Å². The Balaban J connectivity index is 1.52. The lowest BCUT2D eigenvalue weighted by molar-refractivity contribution is -0.149. The Morgan fingerprint density at radius 1 is 1.09 bits per heavy atom. The molecular weight excluding hydrogens is 655 g/mol. The van der Waals surface area contributed by atoms with Gasteiger partial charge < -0.3 is 34.4 Å². The fraction of sp³-hybridized carbons (Fsp3) is 0.400. The lowest BCUT2D eigenvalue weighted by atomic mass is 10.1. The SMILES string of the molecule is CCCCCC[C@H](C(=O)N1C[C@@H](Oc2ccc(CP(=O)(O)O)cc2)C[C@H]1C(=O)O)n1cnc(NC(=O)c2ccccc2S(=O)(=O)O)c1. The molecule has 0 spiro atoms. The molecule has 17 heteroatoms. The average molecular weight is 693 g/mol. The van der Waals surface area contributed by atoms with Gasteiger partial charge in [-0.15, -0.1) is 0 Å². The fourth-order valence-electron chi connectivity index (χ4n) is 5.45. The van der Waals surface area contributed by atoms with Crippen LogP contribution in [-0.2, 0) is 30.4 Å². The molecule has 2 heterocycles. The number of unbranched alkanes of at least 4 members (excludes halogenated alkanes) is 3. The van der Waals surface area contributed by atoms with E-state index in [0.29, 0.717) is 24.2 Å². The Kier molecular flexibility index (Phi) is 11.6. The maximum Gasteiger partial charge on any atom is 0.329 e. The van der Waals surface area contributed by atoms with Crippen LogP contribution in [0.1, 0.15) is 67.4 Å². The predicted molar refractivity (Wildman–Crippen MR) is 169 cm³/mol. The summed E-state index contributed by atoms with van der Waals surface area (Å²) < 4.78 is 51.7. The number of carboxylic acids is 1. The van der Waals surface area contributed by atoms with Crippen LogP contribution in [0.2, 0.25) is 0 Å². The van der Waals surface area contributed by atoms with Gasteiger partial charge in [0, 0.05) is 12.6 Å². The number of nitrogens with zero attached hydrogens (tertiary/aromatic N) is 3. The summed E-state index contributed by atoms with van der Waals surface area (Å²) in [5.41, 5.74) is 0.0994. The summed E-state index contributed by atoms with van der Waals surface area (Å²) in [7, 11) is -8.94. The van der Waals surface area contributed by atoms with Crippen LogP contribution >= 0.6 is 7.60 Å². The molecule has 1 saturated heterocycles. The van der Waals surface area contributed by atoms with Gasteiger partial charge in [-0.05, 0) is 36.2 Å². The Hall–Kier alpha value is -4.08. The third-order valence-corrected chi connectivity index (χ3v) is 9.36. The van der Waals surface area contributed by atoms with Crippen LogP contribution in [0.5, 0.6) is 5.75 Å². The molecule has 2 aromatic carbocycles. The van der Waals surface area contributed by atoms with Crippen molar-refractivity contribution in [1.29, 1.82) is 0 Å². The monoisotopic (exact) mass is 692 g/mol. The smallest absolute Gasteiger partial charge is 0.329 e. The number of benzene rings is 2. The highest BCUT2D eigenvalue weighted by molar-refractivity contribution is 7.86. The quantitative estimate of drug-likeness (QED) is 0.0873. The highest BCUT2D eigenvalue weighted by atomic mass is 32.2. The molecule has 0 aliphatic carbocycles. The van der Waals surface area contributed by atoms with E-state index < -0.39 is 64.7 Å². The normalized spacial score (nSPS) is 17.3. The number of imidazole rings is 1. The number of carboxylic acid groups (broad SMARTS) is 1. The molecule has 4 rings (SSSR count). The van der Waals surface area contributed by atoms with Crippen molar-refractivity contribution < 1.29 is 51.5 Å². The molecule has 1 aromatic heterocycles. The standard InChI is InChI=1S/C30H37N4O11PS/c1-2-3-4-5-9-24(33-17-27(31-19-33)32-28(35)23-8-6-7-10-26(23)47(42,43)44)29(36)34-16-22(15-25(34)30(37)38)45-21-13-11-20(12-14-21)18-46(39,40)41/h6-8,10-14,17,19,22,24-25H,2-5,9,15-16,18H2,1H3,(H,32,35)(H,37,38)(H2,39,40,41)(H,42,43,44)/t22-,24+,25-/m0/s1. The summed E-state index contributed by atoms with van der Waals surface area (Å²) in [5, 5.41) is 12.5. The number of anilines is 1. The van der Waals surface area contributed by atoms with E-state index in [-0.39, 0.29) is 24.3 Å². The molecule has 5 N–H and O–H groups in total. The van der Waals surface area contributed by atoms with E-state index in [2.05, 4.69) is 10.3 Å². The minimum Gasteiger partial charge on any atom is -0.488 e. The Morgan fingerprint density at radius 3 is 2.43 bits per heavy atom. The summed E-state index contributed by atoms with van der Waals surface area (Å²) in [6.07, 6.45) is 5.35. The van der Waals surface area contributed by atoms with Crippen molar-refractivity contribution in [3.05, 3.63) is 72.2 Å². The van der Waals surface area contributed by atoms with Gasteiger partial charge >= 0.3 is 13.6 Å². The molecule has 0 bridgehead atoms. The molecule has 0 saturated carbocycles. The molecule has 1 fully saturated rings. The summed E-state index contributed by atoms with van der Waals surface area (Å²) in [6, 6.07) is 9.10. The first-order chi connectivity index (χ1) is 22.2. The zero-order valence-corrected chi connectivity index (χ0v) is 27.2. The first-order valence-corrected chi connectivity index (χ1v) is 18.1. The van der Waals surface area contributed by atoms with E-state index in [1.165, 1.54) is 64.5 Å². The minimum atomic E-state index is -4.68. The van der Waals surface area contributed by atoms with Gasteiger partial charge in [0.25, 0.3) is 16.0 Å². The zero-order chi connectivity index (χ0) is 34.4. The fourth-order valence-corrected chi connectivity index (χ4v) is 6.83. The Morgan fingerprint density at radius 2 is 1.79 bits per heavy atom. The molecule has 3 atom stereocenters. The van der Waals surface area contributed by atoms with Gasteiger partial charge in [-0.3, -0.25) is 18.7 Å². The zero-order valence-electron chi connectivity index (χ0n) is 25.5. The van der Waals surface area contributed by atoms with E-state index in [9.17, 15) is 46.8 Å². The van der Waals surface area contributed by atoms with Gasteiger partial charge in [-0.2, -0.15) is 8.42 Å². The molecule has 47 heavy (non-hydrogen) atoms. The number of hydrogen-bond acceptors (Lipinski definition) is 8. The number of hydrogen-bond donors (Lipinski definition) is 5. The lowest BCUT2D eigenvalue weighted by Crippen LogP contribution is -2.44. The number of amides is 2. The molecule has 0 unspecified atom stereocenters. The average Bonchev–Trinajstić information content (AvgIpc) is 3.64. The van der Waals surface area contributed by atoms with E-state index in [1.54, 1.807) is 0 Å². The van der Waals surface area contributed by atoms with Gasteiger partial charge in [0.15, 0.2) is 5.82 Å². The van der Waals surface area contributed by atoms with E-state index in [0.717, 1.165) is 25.3 Å². The summed E-state index contributed by atoms with van der Waals surface area (Å²) in [5.74, 6) is -2.18. The predicted octanol–water partition coefficient (Wildman–Crippen LogP) is 3.70. The van der Waals surface area contributed by atoms with Crippen LogP contribution in [-0.4, -0.2) is 78.8 Å². The van der Waals surface area contributed by atoms with Crippen LogP contribution in [0.4, 0.5) is 5.82 Å². The Labute approximate surface area is 271 Å². The summed E-state index contributed by atoms with van der Waals surface area (Å²) in [6.45, 7) is 2.01. The third kappa shape index (κ3) is 9.72. The van der Waals surface area contributed by atoms with Crippen LogP contribution in [0.3, 0.4) is 0 Å². The molecule has 254 valence electrons. The molecular formula is C30H37N4O11PS. The van der Waals surface area contributed by atoms with E-state index in [4.69, 9.17) is 4.74 Å². The number of carbonyl (C=O) groups is 3. The van der Waals surface area contributed by atoms with Crippen LogP contribution in [0.25, 0.3) is 0 Å². The van der Waals surface area contributed by atoms with Crippen LogP contribution in [0.15, 0.2) is 66.0 Å². The second kappa shape index (κ2) is 15.2. The Bertz CT molecular complexity index is 1740. The van der Waals surface area contributed by atoms with E-state index in [1.807, 2.05) is 6.92 Å². The van der Waals surface area contributed by atoms with Crippen molar-refractivity contribution in [2.75, 3.05) is 11.9 Å². The molecule has 1 aliphatic heterocycles. The first-order valence-electron chi connectivity index (χ1n) is 14.9. The number of nitrogens with one attached hydrogen (secondary N) is 1. The maximum absolute atomic E-state index is 14.0. The second-order valence-corrected chi connectivity index (χ2v) is 14.3. The highest BCUT2D eigenvalue weighted by Crippen LogP contribution is 2.39. The van der Waals surface area contributed by atoms with Gasteiger partial charge in [0.1, 0.15) is 28.8 Å². The molecule has 1 aliphatic rings. The largest absolute Gasteiger partial charge is 0.488 e. The van der Waals surface area contributed by atoms with Crippen molar-refractivity contribution in [1.82, 2.24) is 14.5 Å². The van der Waals surface area contributed by atoms with Crippen molar-refractivity contribution in [2.24, 2.45) is 0 Å². The number of ether oxygens (including phenoxy) is 1. The van der Waals surface area contributed by atoms with E-state index >= 15 is 0 Å². The van der Waals surface area contributed by atoms with Gasteiger partial charge in [0.05, 0.1) is 24.6 Å². The second-order valence-electron chi connectivity index (χ2n) is 11.3. The van der Waals surface area contributed by atoms with Crippen LogP contribution in [0, 0.1) is 0 Å². The first kappa shape index (κ1) is 35.8. The molecule has 2 amide bonds. The minimum absolute atomic E-state index is 0.00566. The summed E-state index contributed by atoms with van der Waals surface area (Å²) >= 11 is 0. The molecule has 0 radical (unpaired) electrons. The summed E-state index contributed by atoms with van der Waals surface area (Å²) in [4.78, 5) is 62.4. The number of aliphatic carboxylic acids is 1. The topological polar surface area (TPSA) is 226 Å². The number of rotatable bonds is 15. The van der Waals surface area contributed by atoms with Crippen molar-refractivity contribution in [2.45, 2.75) is 74.7 Å². The highest BCUT2D eigenvalue weighted by Gasteiger charge is 2.43. The molecule has 3 aromatic rings. The lowest BCUT2D eigenvalue weighted by Gasteiger charge is -2.27. The van der Waals surface area contributed by atoms with Gasteiger partial charge in [0.2, 0.25) is 5.91 Å². The maximum atomic E-state index is 14.0. The van der Waals surface area contributed by atoms with Crippen molar-refractivity contribution in [3.63, 3.8) is 0 Å². The number of carbonyl (C=O) groups excluding carboxylic acids is 2. The molecule has 15 nitrogen and oxygen atoms in total. The van der Waals surface area contributed by atoms with Crippen molar-refractivity contribution in [3.8, 4) is 5.75 Å². The number of likely N-dealkylation sites (tertiary alicyclic amines) is 1. The third-order valence-electron chi connectivity index (χ3n) is 7.67.